The molecule has 1 N–H and O–H groups in total. The number of ether oxygens (including phenoxy) is 1. The maximum Gasteiger partial charge on any atom is 0.251 e. The Morgan fingerprint density at radius 2 is 1.92 bits per heavy atom. The fourth-order valence-electron chi connectivity index (χ4n) is 2.52. The van der Waals surface area contributed by atoms with Gasteiger partial charge in [0.1, 0.15) is 11.5 Å². The molecule has 1 aliphatic carbocycles. The van der Waals surface area contributed by atoms with Crippen molar-refractivity contribution in [3.05, 3.63) is 76.2 Å². The molecule has 4 rings (SSSR count). The first-order valence-corrected chi connectivity index (χ1v) is 9.21. The zero-order chi connectivity index (χ0) is 17.1. The highest BCUT2D eigenvalue weighted by Crippen LogP contribution is 2.41. The summed E-state index contributed by atoms with van der Waals surface area (Å²) < 4.78 is 5.78. The van der Waals surface area contributed by atoms with Gasteiger partial charge in [0, 0.05) is 16.9 Å². The number of thiazole rings is 1. The van der Waals surface area contributed by atoms with E-state index < -0.39 is 0 Å². The Labute approximate surface area is 150 Å². The summed E-state index contributed by atoms with van der Waals surface area (Å²) in [6, 6.07) is 16.7. The fraction of sp³-hybridized carbons (Fsp3) is 0.200. The Bertz CT molecular complexity index is 872. The van der Waals surface area contributed by atoms with Gasteiger partial charge in [0.25, 0.3) is 5.91 Å². The summed E-state index contributed by atoms with van der Waals surface area (Å²) in [6.45, 7) is 0.450. The number of hydrogen-bond acceptors (Lipinski definition) is 4. The average molecular weight is 350 g/mol. The molecule has 1 heterocycles. The number of para-hydroxylation sites is 1. The predicted molar refractivity (Wildman–Crippen MR) is 98.2 cm³/mol. The van der Waals surface area contributed by atoms with Crippen LogP contribution >= 0.6 is 11.3 Å². The van der Waals surface area contributed by atoms with Crippen molar-refractivity contribution in [3.8, 4) is 11.5 Å². The minimum Gasteiger partial charge on any atom is -0.457 e. The average Bonchev–Trinajstić information content (AvgIpc) is 3.39. The van der Waals surface area contributed by atoms with Gasteiger partial charge in [-0.05, 0) is 43.2 Å². The lowest BCUT2D eigenvalue weighted by Crippen LogP contribution is -2.22. The molecule has 25 heavy (non-hydrogen) atoms. The molecule has 1 saturated carbocycles. The molecule has 4 nitrogen and oxygen atoms in total. The van der Waals surface area contributed by atoms with Gasteiger partial charge < -0.3 is 10.1 Å². The van der Waals surface area contributed by atoms with Crippen LogP contribution in [0.2, 0.25) is 0 Å². The first kappa shape index (κ1) is 15.8. The third-order valence-corrected chi connectivity index (χ3v) is 5.06. The Hall–Kier alpha value is -2.66. The van der Waals surface area contributed by atoms with Crippen molar-refractivity contribution < 1.29 is 9.53 Å². The van der Waals surface area contributed by atoms with Gasteiger partial charge in [-0.3, -0.25) is 4.79 Å². The Morgan fingerprint density at radius 1 is 1.12 bits per heavy atom. The molecule has 0 atom stereocenters. The van der Waals surface area contributed by atoms with Crippen LogP contribution in [0.3, 0.4) is 0 Å². The monoisotopic (exact) mass is 350 g/mol. The topological polar surface area (TPSA) is 51.2 Å². The molecule has 0 bridgehead atoms. The summed E-state index contributed by atoms with van der Waals surface area (Å²) in [5.41, 5.74) is 1.50. The van der Waals surface area contributed by atoms with E-state index in [2.05, 4.69) is 10.3 Å². The molecule has 0 aliphatic heterocycles. The first-order valence-electron chi connectivity index (χ1n) is 8.33. The van der Waals surface area contributed by atoms with Crippen LogP contribution in [0.5, 0.6) is 11.5 Å². The highest BCUT2D eigenvalue weighted by molar-refractivity contribution is 7.09. The van der Waals surface area contributed by atoms with E-state index in [-0.39, 0.29) is 5.91 Å². The second-order valence-corrected chi connectivity index (χ2v) is 6.97. The van der Waals surface area contributed by atoms with E-state index in [4.69, 9.17) is 4.74 Å². The summed E-state index contributed by atoms with van der Waals surface area (Å²) in [5, 5.41) is 6.16. The molecule has 3 aromatic rings. The molecule has 2 aromatic carbocycles. The van der Waals surface area contributed by atoms with Crippen molar-refractivity contribution in [2.24, 2.45) is 0 Å². The second-order valence-electron chi connectivity index (χ2n) is 6.08. The molecular weight excluding hydrogens is 332 g/mol. The largest absolute Gasteiger partial charge is 0.457 e. The van der Waals surface area contributed by atoms with Crippen LogP contribution in [0, 0.1) is 0 Å². The molecule has 1 amide bonds. The summed E-state index contributed by atoms with van der Waals surface area (Å²) in [6.07, 6.45) is 2.49. The molecule has 5 heteroatoms. The lowest BCUT2D eigenvalue weighted by atomic mass is 10.2. The van der Waals surface area contributed by atoms with E-state index in [1.165, 1.54) is 17.8 Å². The van der Waals surface area contributed by atoms with Crippen LogP contribution in [0.4, 0.5) is 0 Å². The van der Waals surface area contributed by atoms with Gasteiger partial charge in [0.2, 0.25) is 0 Å². The van der Waals surface area contributed by atoms with Gasteiger partial charge >= 0.3 is 0 Å². The molecular formula is C20H18N2O2S. The maximum absolute atomic E-state index is 12.4. The minimum absolute atomic E-state index is 0.125. The van der Waals surface area contributed by atoms with Crippen molar-refractivity contribution in [2.75, 3.05) is 0 Å². The van der Waals surface area contributed by atoms with Crippen molar-refractivity contribution in [2.45, 2.75) is 25.3 Å². The standard InChI is InChI=1S/C20H18N2O2S/c23-19(21-12-16-13-25-20(22-16)14-9-10-14)15-5-4-8-18(11-15)24-17-6-2-1-3-7-17/h1-8,11,13-14H,9-10,12H2,(H,21,23). The van der Waals surface area contributed by atoms with E-state index in [0.717, 1.165) is 11.4 Å². The predicted octanol–water partition coefficient (Wildman–Crippen LogP) is 4.74. The summed E-state index contributed by atoms with van der Waals surface area (Å²) in [5.74, 6) is 1.92. The molecule has 1 fully saturated rings. The van der Waals surface area contributed by atoms with E-state index in [0.29, 0.717) is 23.8 Å². The van der Waals surface area contributed by atoms with Crippen LogP contribution < -0.4 is 10.1 Å². The van der Waals surface area contributed by atoms with E-state index in [1.54, 1.807) is 23.5 Å². The van der Waals surface area contributed by atoms with Crippen LogP contribution in [0.25, 0.3) is 0 Å². The van der Waals surface area contributed by atoms with Crippen molar-refractivity contribution in [1.29, 1.82) is 0 Å². The summed E-state index contributed by atoms with van der Waals surface area (Å²) in [7, 11) is 0. The number of amides is 1. The lowest BCUT2D eigenvalue weighted by molar-refractivity contribution is 0.0950. The number of carbonyl (C=O) groups is 1. The van der Waals surface area contributed by atoms with Gasteiger partial charge in [-0.1, -0.05) is 24.3 Å². The van der Waals surface area contributed by atoms with Gasteiger partial charge in [0.15, 0.2) is 0 Å². The molecule has 0 radical (unpaired) electrons. The number of nitrogens with zero attached hydrogens (tertiary/aromatic N) is 1. The number of rotatable bonds is 6. The molecule has 126 valence electrons. The van der Waals surface area contributed by atoms with Gasteiger partial charge in [-0.15, -0.1) is 11.3 Å². The van der Waals surface area contributed by atoms with Crippen LogP contribution in [0.15, 0.2) is 60.0 Å². The van der Waals surface area contributed by atoms with Crippen LogP contribution in [-0.2, 0) is 6.54 Å². The zero-order valence-electron chi connectivity index (χ0n) is 13.6. The molecule has 1 aromatic heterocycles. The van der Waals surface area contributed by atoms with E-state index >= 15 is 0 Å². The van der Waals surface area contributed by atoms with E-state index in [9.17, 15) is 4.79 Å². The SMILES string of the molecule is O=C(NCc1csc(C2CC2)n1)c1cccc(Oc2ccccc2)c1. The molecule has 0 unspecified atom stereocenters. The van der Waals surface area contributed by atoms with Crippen LogP contribution in [-0.4, -0.2) is 10.9 Å². The second kappa shape index (κ2) is 7.07. The third kappa shape index (κ3) is 4.06. The van der Waals surface area contributed by atoms with Crippen molar-refractivity contribution in [3.63, 3.8) is 0 Å². The Balaban J connectivity index is 1.38. The van der Waals surface area contributed by atoms with Crippen molar-refractivity contribution in [1.82, 2.24) is 10.3 Å². The Kier molecular flexibility index (Phi) is 4.48. The molecule has 1 aliphatic rings. The molecule has 0 saturated heterocycles. The summed E-state index contributed by atoms with van der Waals surface area (Å²) in [4.78, 5) is 17.0. The maximum atomic E-state index is 12.4. The van der Waals surface area contributed by atoms with Crippen LogP contribution in [0.1, 0.15) is 39.8 Å². The number of aromatic nitrogens is 1. The highest BCUT2D eigenvalue weighted by atomic mass is 32.1. The number of benzene rings is 2. The van der Waals surface area contributed by atoms with Gasteiger partial charge in [-0.2, -0.15) is 0 Å². The Morgan fingerprint density at radius 3 is 2.72 bits per heavy atom. The van der Waals surface area contributed by atoms with Crippen molar-refractivity contribution >= 4 is 17.2 Å². The number of carbonyl (C=O) groups excluding carboxylic acids is 1. The third-order valence-electron chi connectivity index (χ3n) is 4.00. The summed E-state index contributed by atoms with van der Waals surface area (Å²) >= 11 is 1.69. The minimum atomic E-state index is -0.125. The smallest absolute Gasteiger partial charge is 0.251 e. The number of hydrogen-bond donors (Lipinski definition) is 1. The van der Waals surface area contributed by atoms with Gasteiger partial charge in [0.05, 0.1) is 17.2 Å². The highest BCUT2D eigenvalue weighted by Gasteiger charge is 2.26. The van der Waals surface area contributed by atoms with Gasteiger partial charge in [-0.25, -0.2) is 4.98 Å². The molecule has 0 spiro atoms. The first-order chi connectivity index (χ1) is 12.3. The fourth-order valence-corrected chi connectivity index (χ4v) is 3.51. The van der Waals surface area contributed by atoms with E-state index in [1.807, 2.05) is 47.8 Å². The zero-order valence-corrected chi connectivity index (χ0v) is 14.5. The quantitative estimate of drug-likeness (QED) is 0.698. The normalized spacial score (nSPS) is 13.4. The number of nitrogens with one attached hydrogen (secondary N) is 1. The lowest BCUT2D eigenvalue weighted by Gasteiger charge is -2.08.